The largest absolute Gasteiger partial charge is 0.355 e. The number of fused-ring (bicyclic) bond motifs is 3. The van der Waals surface area contributed by atoms with Crippen molar-refractivity contribution in [1.29, 1.82) is 0 Å². The molecular weight excluding hydrogens is 389 g/mol. The van der Waals surface area contributed by atoms with Crippen LogP contribution in [0.4, 0.5) is 4.39 Å². The molecule has 4 heterocycles. The fourth-order valence-electron chi connectivity index (χ4n) is 4.37. The Hall–Kier alpha value is -3.07. The van der Waals surface area contributed by atoms with Crippen molar-refractivity contribution in [3.8, 4) is 11.5 Å². The van der Waals surface area contributed by atoms with Crippen LogP contribution in [0.5, 0.6) is 0 Å². The minimum Gasteiger partial charge on any atom is -0.355 e. The Bertz CT molecular complexity index is 1370. The monoisotopic (exact) mass is 409 g/mol. The molecule has 8 nitrogen and oxygen atoms in total. The van der Waals surface area contributed by atoms with E-state index in [1.54, 1.807) is 21.4 Å². The van der Waals surface area contributed by atoms with E-state index < -0.39 is 11.5 Å². The highest BCUT2D eigenvalue weighted by Crippen LogP contribution is 2.47. The molecular formula is C21H20FN5O3. The van der Waals surface area contributed by atoms with Gasteiger partial charge in [0, 0.05) is 12.0 Å². The summed E-state index contributed by atoms with van der Waals surface area (Å²) in [6, 6.07) is 4.38. The zero-order chi connectivity index (χ0) is 20.7. The van der Waals surface area contributed by atoms with Gasteiger partial charge in [-0.25, -0.2) is 9.37 Å². The average molecular weight is 409 g/mol. The highest BCUT2D eigenvalue weighted by atomic mass is 19.1. The first-order valence-electron chi connectivity index (χ1n) is 10.1. The summed E-state index contributed by atoms with van der Waals surface area (Å²) in [6.07, 6.45) is 5.02. The summed E-state index contributed by atoms with van der Waals surface area (Å²) >= 11 is 0. The maximum Gasteiger partial charge on any atom is 0.280 e. The predicted octanol–water partition coefficient (Wildman–Crippen LogP) is 3.37. The van der Waals surface area contributed by atoms with Crippen molar-refractivity contribution >= 4 is 16.6 Å². The minimum absolute atomic E-state index is 0.0869. The minimum atomic E-state index is -0.865. The molecule has 2 fully saturated rings. The Morgan fingerprint density at radius 2 is 2.00 bits per heavy atom. The summed E-state index contributed by atoms with van der Waals surface area (Å²) in [5.74, 6) is 0.425. The van der Waals surface area contributed by atoms with Crippen LogP contribution in [0.25, 0.3) is 28.1 Å². The Labute approximate surface area is 170 Å². The number of nitrogens with zero attached hydrogens (tertiary/aromatic N) is 5. The van der Waals surface area contributed by atoms with Gasteiger partial charge in [-0.1, -0.05) is 12.1 Å². The molecule has 0 radical (unpaired) electrons. The van der Waals surface area contributed by atoms with Crippen molar-refractivity contribution in [3.05, 3.63) is 46.6 Å². The van der Waals surface area contributed by atoms with Crippen molar-refractivity contribution in [2.75, 3.05) is 6.61 Å². The molecule has 1 aromatic carbocycles. The molecule has 1 atom stereocenters. The summed E-state index contributed by atoms with van der Waals surface area (Å²) in [5, 5.41) is 4.09. The second-order valence-electron chi connectivity index (χ2n) is 8.70. The van der Waals surface area contributed by atoms with Gasteiger partial charge in [-0.05, 0) is 50.8 Å². The van der Waals surface area contributed by atoms with Crippen molar-refractivity contribution in [3.63, 3.8) is 0 Å². The van der Waals surface area contributed by atoms with Gasteiger partial charge < -0.3 is 9.26 Å². The van der Waals surface area contributed by atoms with Crippen LogP contribution in [-0.4, -0.2) is 30.7 Å². The van der Waals surface area contributed by atoms with E-state index in [1.807, 2.05) is 6.92 Å². The van der Waals surface area contributed by atoms with E-state index in [-0.39, 0.29) is 16.8 Å². The molecule has 0 amide bonds. The third-order valence-corrected chi connectivity index (χ3v) is 6.44. The molecule has 4 aromatic rings. The molecule has 3 aromatic heterocycles. The van der Waals surface area contributed by atoms with E-state index in [1.165, 1.54) is 12.1 Å². The number of hydrogen-bond donors (Lipinski definition) is 0. The van der Waals surface area contributed by atoms with Gasteiger partial charge in [0.15, 0.2) is 0 Å². The summed E-state index contributed by atoms with van der Waals surface area (Å²) in [7, 11) is 0. The molecule has 1 saturated heterocycles. The Morgan fingerprint density at radius 1 is 1.17 bits per heavy atom. The summed E-state index contributed by atoms with van der Waals surface area (Å²) in [6.45, 7) is 4.48. The zero-order valence-corrected chi connectivity index (χ0v) is 16.7. The van der Waals surface area contributed by atoms with Crippen molar-refractivity contribution < 1.29 is 13.7 Å². The maximum atomic E-state index is 14.1. The fourth-order valence-corrected chi connectivity index (χ4v) is 4.37. The number of imidazole rings is 1. The van der Waals surface area contributed by atoms with Crippen LogP contribution in [0.1, 0.15) is 45.4 Å². The molecule has 154 valence electrons. The highest BCUT2D eigenvalue weighted by Gasteiger charge is 2.45. The van der Waals surface area contributed by atoms with Crippen molar-refractivity contribution in [2.45, 2.75) is 50.7 Å². The normalized spacial score (nSPS) is 22.9. The molecule has 30 heavy (non-hydrogen) atoms. The van der Waals surface area contributed by atoms with E-state index in [4.69, 9.17) is 9.26 Å². The van der Waals surface area contributed by atoms with E-state index in [2.05, 4.69) is 22.0 Å². The van der Waals surface area contributed by atoms with Gasteiger partial charge in [0.25, 0.3) is 5.56 Å². The standard InChI is InChI=1S/C21H20FN5O3/c1-20(7-8-20)19-24-17(25-30-19)15-16-18(28)27(21(2)6-3-9-29-21)14-10-12(22)4-5-13(14)26(16)11-23-15/h4-5,10-11H,3,6-9H2,1-2H3. The smallest absolute Gasteiger partial charge is 0.280 e. The van der Waals surface area contributed by atoms with Crippen LogP contribution in [0.2, 0.25) is 0 Å². The van der Waals surface area contributed by atoms with E-state index in [9.17, 15) is 9.18 Å². The quantitative estimate of drug-likeness (QED) is 0.516. The van der Waals surface area contributed by atoms with E-state index in [0.29, 0.717) is 41.2 Å². The lowest BCUT2D eigenvalue weighted by Crippen LogP contribution is -2.39. The van der Waals surface area contributed by atoms with Crippen LogP contribution in [0.3, 0.4) is 0 Å². The summed E-state index contributed by atoms with van der Waals surface area (Å²) in [5.41, 5.74) is 0.501. The van der Waals surface area contributed by atoms with Gasteiger partial charge in [-0.15, -0.1) is 0 Å². The van der Waals surface area contributed by atoms with Crippen molar-refractivity contribution in [2.24, 2.45) is 0 Å². The van der Waals surface area contributed by atoms with Gasteiger partial charge in [-0.2, -0.15) is 4.98 Å². The average Bonchev–Trinajstić information content (AvgIpc) is 3.15. The molecule has 9 heteroatoms. The van der Waals surface area contributed by atoms with Gasteiger partial charge >= 0.3 is 0 Å². The van der Waals surface area contributed by atoms with Gasteiger partial charge in [0.2, 0.25) is 11.7 Å². The Kier molecular flexibility index (Phi) is 3.41. The van der Waals surface area contributed by atoms with E-state index >= 15 is 0 Å². The Balaban J connectivity index is 1.67. The van der Waals surface area contributed by atoms with Gasteiger partial charge in [0.05, 0.1) is 11.0 Å². The van der Waals surface area contributed by atoms with Crippen LogP contribution < -0.4 is 5.56 Å². The number of benzene rings is 1. The van der Waals surface area contributed by atoms with Gasteiger partial charge in [0.1, 0.15) is 29.1 Å². The second kappa shape index (κ2) is 5.75. The molecule has 1 saturated carbocycles. The lowest BCUT2D eigenvalue weighted by atomic mass is 10.1. The number of ether oxygens (including phenoxy) is 1. The molecule has 1 aliphatic carbocycles. The van der Waals surface area contributed by atoms with Gasteiger partial charge in [-0.3, -0.25) is 13.8 Å². The molecule has 2 aliphatic rings. The van der Waals surface area contributed by atoms with Crippen LogP contribution in [-0.2, 0) is 15.9 Å². The molecule has 0 N–H and O–H groups in total. The zero-order valence-electron chi connectivity index (χ0n) is 16.7. The highest BCUT2D eigenvalue weighted by molar-refractivity contribution is 5.83. The topological polar surface area (TPSA) is 87.5 Å². The third kappa shape index (κ3) is 2.35. The maximum absolute atomic E-state index is 14.1. The molecule has 0 bridgehead atoms. The first kappa shape index (κ1) is 17.8. The summed E-state index contributed by atoms with van der Waals surface area (Å²) < 4.78 is 28.8. The lowest BCUT2D eigenvalue weighted by molar-refractivity contribution is -0.0447. The third-order valence-electron chi connectivity index (χ3n) is 6.44. The first-order chi connectivity index (χ1) is 14.4. The molecule has 1 unspecified atom stereocenters. The number of aromatic nitrogens is 5. The molecule has 6 rings (SSSR count). The number of halogens is 1. The number of hydrogen-bond acceptors (Lipinski definition) is 6. The summed E-state index contributed by atoms with van der Waals surface area (Å²) in [4.78, 5) is 22.7. The van der Waals surface area contributed by atoms with E-state index in [0.717, 1.165) is 19.3 Å². The van der Waals surface area contributed by atoms with Crippen molar-refractivity contribution in [1.82, 2.24) is 24.1 Å². The first-order valence-corrected chi connectivity index (χ1v) is 10.1. The predicted molar refractivity (Wildman–Crippen MR) is 106 cm³/mol. The van der Waals surface area contributed by atoms with Crippen LogP contribution in [0.15, 0.2) is 33.8 Å². The second-order valence-corrected chi connectivity index (χ2v) is 8.70. The number of rotatable bonds is 3. The SMILES string of the molecule is CC1(c2nc(-c3ncn4c3c(=O)n(C3(C)CCCO3)c3cc(F)ccc34)no2)CC1. The lowest BCUT2D eigenvalue weighted by Gasteiger charge is -2.28. The molecule has 1 aliphatic heterocycles. The Morgan fingerprint density at radius 3 is 2.73 bits per heavy atom. The fraction of sp³-hybridized carbons (Fsp3) is 0.429. The van der Waals surface area contributed by atoms with Crippen LogP contribution in [0, 0.1) is 5.82 Å². The van der Waals surface area contributed by atoms with Crippen LogP contribution >= 0.6 is 0 Å². The molecule has 0 spiro atoms.